The Bertz CT molecular complexity index is 322. The summed E-state index contributed by atoms with van der Waals surface area (Å²) < 4.78 is 5.22. The number of ether oxygens (including phenoxy) is 1. The SMILES string of the molecule is CCC(CNC(=O)C1(COC)CCNCC1)CC(=O)O. The molecule has 1 atom stereocenters. The van der Waals surface area contributed by atoms with Crippen molar-refractivity contribution in [3.05, 3.63) is 0 Å². The van der Waals surface area contributed by atoms with Crippen LogP contribution in [0.3, 0.4) is 0 Å². The number of carboxylic acids is 1. The van der Waals surface area contributed by atoms with E-state index in [4.69, 9.17) is 9.84 Å². The van der Waals surface area contributed by atoms with Crippen LogP contribution in [-0.2, 0) is 14.3 Å². The van der Waals surface area contributed by atoms with Crippen LogP contribution < -0.4 is 10.6 Å². The third-order valence-corrected chi connectivity index (χ3v) is 4.05. The standard InChI is InChI=1S/C14H26N2O4/c1-3-11(8-12(17)18)9-16-13(19)14(10-20-2)4-6-15-7-5-14/h11,15H,3-10H2,1-2H3,(H,16,19)(H,17,18). The second kappa shape index (κ2) is 8.21. The normalized spacial score (nSPS) is 19.3. The molecule has 1 aliphatic heterocycles. The maximum Gasteiger partial charge on any atom is 0.303 e. The summed E-state index contributed by atoms with van der Waals surface area (Å²) in [6.45, 7) is 4.39. The van der Waals surface area contributed by atoms with E-state index in [1.54, 1.807) is 7.11 Å². The van der Waals surface area contributed by atoms with Gasteiger partial charge < -0.3 is 20.5 Å². The number of hydrogen-bond acceptors (Lipinski definition) is 4. The molecular formula is C14H26N2O4. The van der Waals surface area contributed by atoms with E-state index in [1.165, 1.54) is 0 Å². The number of carbonyl (C=O) groups is 2. The molecule has 6 nitrogen and oxygen atoms in total. The van der Waals surface area contributed by atoms with Gasteiger partial charge in [0.2, 0.25) is 5.91 Å². The monoisotopic (exact) mass is 286 g/mol. The molecule has 1 heterocycles. The zero-order valence-electron chi connectivity index (χ0n) is 12.4. The minimum absolute atomic E-state index is 0.00955. The summed E-state index contributed by atoms with van der Waals surface area (Å²) in [6, 6.07) is 0. The molecule has 1 aliphatic rings. The van der Waals surface area contributed by atoms with Gasteiger partial charge >= 0.3 is 5.97 Å². The van der Waals surface area contributed by atoms with Gasteiger partial charge in [0.1, 0.15) is 0 Å². The van der Waals surface area contributed by atoms with Crippen LogP contribution in [0.4, 0.5) is 0 Å². The maximum atomic E-state index is 12.4. The van der Waals surface area contributed by atoms with Gasteiger partial charge in [-0.3, -0.25) is 9.59 Å². The number of carbonyl (C=O) groups excluding carboxylic acids is 1. The molecule has 0 aromatic heterocycles. The van der Waals surface area contributed by atoms with E-state index in [9.17, 15) is 9.59 Å². The van der Waals surface area contributed by atoms with Crippen molar-refractivity contribution in [2.24, 2.45) is 11.3 Å². The largest absolute Gasteiger partial charge is 0.481 e. The molecule has 1 fully saturated rings. The Labute approximate surface area is 120 Å². The number of piperidine rings is 1. The maximum absolute atomic E-state index is 12.4. The number of amides is 1. The van der Waals surface area contributed by atoms with Gasteiger partial charge in [-0.15, -0.1) is 0 Å². The smallest absolute Gasteiger partial charge is 0.303 e. The summed E-state index contributed by atoms with van der Waals surface area (Å²) in [5.74, 6) is -0.845. The number of carboxylic acid groups (broad SMARTS) is 1. The molecule has 0 spiro atoms. The average molecular weight is 286 g/mol. The fourth-order valence-electron chi connectivity index (χ4n) is 2.65. The third-order valence-electron chi connectivity index (χ3n) is 4.05. The van der Waals surface area contributed by atoms with Crippen molar-refractivity contribution in [1.82, 2.24) is 10.6 Å². The number of nitrogens with one attached hydrogen (secondary N) is 2. The van der Waals surface area contributed by atoms with Gasteiger partial charge in [-0.05, 0) is 31.8 Å². The highest BCUT2D eigenvalue weighted by atomic mass is 16.5. The minimum atomic E-state index is -0.820. The summed E-state index contributed by atoms with van der Waals surface area (Å²) in [4.78, 5) is 23.2. The third kappa shape index (κ3) is 4.76. The van der Waals surface area contributed by atoms with Crippen LogP contribution in [0.25, 0.3) is 0 Å². The predicted molar refractivity (Wildman–Crippen MR) is 75.5 cm³/mol. The van der Waals surface area contributed by atoms with Crippen LogP contribution in [0.15, 0.2) is 0 Å². The molecular weight excluding hydrogens is 260 g/mol. The van der Waals surface area contributed by atoms with Crippen molar-refractivity contribution in [2.45, 2.75) is 32.6 Å². The van der Waals surface area contributed by atoms with Crippen LogP contribution >= 0.6 is 0 Å². The van der Waals surface area contributed by atoms with E-state index >= 15 is 0 Å². The predicted octanol–water partition coefficient (Wildman–Crippen LogP) is 0.620. The molecule has 1 saturated heterocycles. The van der Waals surface area contributed by atoms with Gasteiger partial charge in [-0.1, -0.05) is 13.3 Å². The zero-order chi connectivity index (χ0) is 15.0. The van der Waals surface area contributed by atoms with Gasteiger partial charge in [0.15, 0.2) is 0 Å². The van der Waals surface area contributed by atoms with E-state index in [2.05, 4.69) is 10.6 Å². The fourth-order valence-corrected chi connectivity index (χ4v) is 2.65. The van der Waals surface area contributed by atoms with Gasteiger partial charge in [-0.2, -0.15) is 0 Å². The van der Waals surface area contributed by atoms with Crippen LogP contribution in [0.1, 0.15) is 32.6 Å². The average Bonchev–Trinajstić information content (AvgIpc) is 2.44. The van der Waals surface area contributed by atoms with Crippen molar-refractivity contribution in [3.63, 3.8) is 0 Å². The summed E-state index contributed by atoms with van der Waals surface area (Å²) in [5, 5.41) is 15.0. The highest BCUT2D eigenvalue weighted by molar-refractivity contribution is 5.83. The van der Waals surface area contributed by atoms with E-state index in [1.807, 2.05) is 6.92 Å². The summed E-state index contributed by atoms with van der Waals surface area (Å²) in [7, 11) is 1.61. The molecule has 0 saturated carbocycles. The molecule has 3 N–H and O–H groups in total. The first-order chi connectivity index (χ1) is 9.54. The van der Waals surface area contributed by atoms with Gasteiger partial charge in [-0.25, -0.2) is 0 Å². The molecule has 1 amide bonds. The Morgan fingerprint density at radius 1 is 1.40 bits per heavy atom. The van der Waals surface area contributed by atoms with E-state index in [0.29, 0.717) is 13.2 Å². The molecule has 116 valence electrons. The van der Waals surface area contributed by atoms with Gasteiger partial charge in [0.05, 0.1) is 12.0 Å². The summed E-state index contributed by atoms with van der Waals surface area (Å²) in [5.41, 5.74) is -0.471. The lowest BCUT2D eigenvalue weighted by molar-refractivity contribution is -0.139. The Hall–Kier alpha value is -1.14. The number of methoxy groups -OCH3 is 1. The van der Waals surface area contributed by atoms with Crippen molar-refractivity contribution >= 4 is 11.9 Å². The summed E-state index contributed by atoms with van der Waals surface area (Å²) in [6.07, 6.45) is 2.34. The molecule has 6 heteroatoms. The molecule has 0 radical (unpaired) electrons. The lowest BCUT2D eigenvalue weighted by atomic mass is 9.78. The van der Waals surface area contributed by atoms with Crippen molar-refractivity contribution in [2.75, 3.05) is 33.4 Å². The lowest BCUT2D eigenvalue weighted by Gasteiger charge is -2.35. The minimum Gasteiger partial charge on any atom is -0.481 e. The summed E-state index contributed by atoms with van der Waals surface area (Å²) >= 11 is 0. The van der Waals surface area contributed by atoms with Crippen molar-refractivity contribution < 1.29 is 19.4 Å². The Morgan fingerprint density at radius 2 is 2.05 bits per heavy atom. The number of rotatable bonds is 8. The quantitative estimate of drug-likeness (QED) is 0.609. The molecule has 0 bridgehead atoms. The zero-order valence-corrected chi connectivity index (χ0v) is 12.4. The van der Waals surface area contributed by atoms with Crippen LogP contribution in [-0.4, -0.2) is 50.3 Å². The molecule has 1 unspecified atom stereocenters. The van der Waals surface area contributed by atoms with E-state index in [0.717, 1.165) is 32.4 Å². The van der Waals surface area contributed by atoms with Crippen LogP contribution in [0.2, 0.25) is 0 Å². The Balaban J connectivity index is 2.55. The second-order valence-electron chi connectivity index (χ2n) is 5.55. The number of hydrogen-bond donors (Lipinski definition) is 3. The first-order valence-corrected chi connectivity index (χ1v) is 7.24. The fraction of sp³-hybridized carbons (Fsp3) is 0.857. The first kappa shape index (κ1) is 16.9. The molecule has 0 aromatic rings. The molecule has 1 rings (SSSR count). The molecule has 20 heavy (non-hydrogen) atoms. The van der Waals surface area contributed by atoms with Gasteiger partial charge in [0, 0.05) is 20.1 Å². The molecule has 0 aliphatic carbocycles. The van der Waals surface area contributed by atoms with Crippen LogP contribution in [0, 0.1) is 11.3 Å². The topological polar surface area (TPSA) is 87.7 Å². The van der Waals surface area contributed by atoms with E-state index in [-0.39, 0.29) is 18.2 Å². The number of aliphatic carboxylic acids is 1. The highest BCUT2D eigenvalue weighted by Crippen LogP contribution is 2.29. The Kier molecular flexibility index (Phi) is 6.95. The van der Waals surface area contributed by atoms with Crippen molar-refractivity contribution in [3.8, 4) is 0 Å². The highest BCUT2D eigenvalue weighted by Gasteiger charge is 2.39. The van der Waals surface area contributed by atoms with E-state index < -0.39 is 11.4 Å². The van der Waals surface area contributed by atoms with Crippen molar-refractivity contribution in [1.29, 1.82) is 0 Å². The Morgan fingerprint density at radius 3 is 2.55 bits per heavy atom. The second-order valence-corrected chi connectivity index (χ2v) is 5.55. The van der Waals surface area contributed by atoms with Gasteiger partial charge in [0.25, 0.3) is 0 Å². The lowest BCUT2D eigenvalue weighted by Crippen LogP contribution is -2.51. The van der Waals surface area contributed by atoms with Crippen LogP contribution in [0.5, 0.6) is 0 Å². The molecule has 0 aromatic carbocycles. The first-order valence-electron chi connectivity index (χ1n) is 7.24.